The number of hydrogen-bond acceptors (Lipinski definition) is 2. The van der Waals surface area contributed by atoms with E-state index in [1.54, 1.807) is 0 Å². The molecule has 0 radical (unpaired) electrons. The minimum Gasteiger partial charge on any atom is -0.309 e. The zero-order valence-electron chi connectivity index (χ0n) is 10.8. The molecule has 2 nitrogen and oxygen atoms in total. The summed E-state index contributed by atoms with van der Waals surface area (Å²) in [6.45, 7) is 3.55. The molecule has 0 aliphatic carbocycles. The predicted octanol–water partition coefficient (Wildman–Crippen LogP) is 3.81. The van der Waals surface area contributed by atoms with Gasteiger partial charge < -0.3 is 5.32 Å². The van der Waals surface area contributed by atoms with Gasteiger partial charge in [-0.1, -0.05) is 35.9 Å². The Morgan fingerprint density at radius 2 is 1.68 bits per heavy atom. The fraction of sp³-hybridized carbons (Fsp3) is 0.188. The first-order chi connectivity index (χ1) is 9.19. The third-order valence-corrected chi connectivity index (χ3v) is 3.38. The number of nitrogens with zero attached hydrogens (tertiary/aromatic N) is 1. The zero-order chi connectivity index (χ0) is 13.7. The van der Waals surface area contributed by atoms with Gasteiger partial charge in [0.05, 0.1) is 11.6 Å². The van der Waals surface area contributed by atoms with Crippen LogP contribution in [0.25, 0.3) is 0 Å². The predicted molar refractivity (Wildman–Crippen MR) is 77.9 cm³/mol. The molecule has 2 rings (SSSR count). The third-order valence-electron chi connectivity index (χ3n) is 2.98. The Labute approximate surface area is 118 Å². The molecule has 0 aliphatic rings. The van der Waals surface area contributed by atoms with Crippen LogP contribution >= 0.6 is 11.6 Å². The largest absolute Gasteiger partial charge is 0.309 e. The molecule has 0 aromatic heterocycles. The molecule has 96 valence electrons. The highest BCUT2D eigenvalue weighted by Crippen LogP contribution is 2.16. The topological polar surface area (TPSA) is 35.8 Å². The Morgan fingerprint density at radius 3 is 2.32 bits per heavy atom. The Bertz CT molecular complexity index is 597. The molecule has 0 fully saturated rings. The van der Waals surface area contributed by atoms with E-state index in [0.29, 0.717) is 5.56 Å². The molecule has 0 amide bonds. The molecule has 2 aromatic carbocycles. The van der Waals surface area contributed by atoms with Gasteiger partial charge in [0.25, 0.3) is 0 Å². The van der Waals surface area contributed by atoms with Crippen molar-refractivity contribution < 1.29 is 0 Å². The van der Waals surface area contributed by atoms with E-state index in [1.807, 2.05) is 43.3 Å². The van der Waals surface area contributed by atoms with Gasteiger partial charge in [0, 0.05) is 18.1 Å². The van der Waals surface area contributed by atoms with E-state index >= 15 is 0 Å². The third kappa shape index (κ3) is 3.82. The molecule has 3 heteroatoms. The van der Waals surface area contributed by atoms with Crippen LogP contribution in [-0.4, -0.2) is 0 Å². The molecule has 0 atom stereocenters. The first kappa shape index (κ1) is 13.6. The molecule has 0 bridgehead atoms. The fourth-order valence-electron chi connectivity index (χ4n) is 1.79. The first-order valence-corrected chi connectivity index (χ1v) is 6.51. The smallest absolute Gasteiger partial charge is 0.0991 e. The van der Waals surface area contributed by atoms with E-state index in [1.165, 1.54) is 5.56 Å². The summed E-state index contributed by atoms with van der Waals surface area (Å²) >= 11 is 6.08. The van der Waals surface area contributed by atoms with Crippen LogP contribution in [0, 0.1) is 18.3 Å². The monoisotopic (exact) mass is 270 g/mol. The standard InChI is InChI=1S/C16H15ClN2/c1-12-2-3-15(8-16(12)17)11-19-10-14-6-4-13(9-18)5-7-14/h2-8,19H,10-11H2,1H3. The van der Waals surface area contributed by atoms with E-state index in [2.05, 4.69) is 17.5 Å². The molecule has 0 saturated carbocycles. The highest BCUT2D eigenvalue weighted by molar-refractivity contribution is 6.31. The van der Waals surface area contributed by atoms with Gasteiger partial charge in [-0.25, -0.2) is 0 Å². The molecule has 2 aromatic rings. The molecular formula is C16H15ClN2. The molecule has 0 heterocycles. The van der Waals surface area contributed by atoms with Gasteiger partial charge in [-0.2, -0.15) is 5.26 Å². The van der Waals surface area contributed by atoms with Crippen LogP contribution in [0.2, 0.25) is 5.02 Å². The Balaban J connectivity index is 1.89. The van der Waals surface area contributed by atoms with E-state index in [4.69, 9.17) is 16.9 Å². The minimum atomic E-state index is 0.689. The maximum Gasteiger partial charge on any atom is 0.0991 e. The average Bonchev–Trinajstić information content (AvgIpc) is 2.43. The van der Waals surface area contributed by atoms with E-state index in [0.717, 1.165) is 29.2 Å². The second-order valence-electron chi connectivity index (χ2n) is 4.50. The fourth-order valence-corrected chi connectivity index (χ4v) is 2.00. The summed E-state index contributed by atoms with van der Waals surface area (Å²) in [5.74, 6) is 0. The first-order valence-electron chi connectivity index (χ1n) is 6.14. The highest BCUT2D eigenvalue weighted by atomic mass is 35.5. The average molecular weight is 271 g/mol. The summed E-state index contributed by atoms with van der Waals surface area (Å²) in [6.07, 6.45) is 0. The van der Waals surface area contributed by atoms with E-state index < -0.39 is 0 Å². The summed E-state index contributed by atoms with van der Waals surface area (Å²) in [6, 6.07) is 15.8. The number of aryl methyl sites for hydroxylation is 1. The summed E-state index contributed by atoms with van der Waals surface area (Å²) in [5.41, 5.74) is 4.12. The lowest BCUT2D eigenvalue weighted by Gasteiger charge is -2.07. The molecule has 0 saturated heterocycles. The quantitative estimate of drug-likeness (QED) is 0.917. The van der Waals surface area contributed by atoms with Crippen molar-refractivity contribution in [3.8, 4) is 6.07 Å². The van der Waals surface area contributed by atoms with E-state index in [9.17, 15) is 0 Å². The number of rotatable bonds is 4. The van der Waals surface area contributed by atoms with Crippen molar-refractivity contribution in [2.75, 3.05) is 0 Å². The van der Waals surface area contributed by atoms with Crippen LogP contribution < -0.4 is 5.32 Å². The van der Waals surface area contributed by atoms with Gasteiger partial charge in [0.1, 0.15) is 0 Å². The lowest BCUT2D eigenvalue weighted by Crippen LogP contribution is -2.12. The molecule has 19 heavy (non-hydrogen) atoms. The molecule has 0 unspecified atom stereocenters. The van der Waals surface area contributed by atoms with Crippen LogP contribution in [0.4, 0.5) is 0 Å². The molecule has 1 N–H and O–H groups in total. The van der Waals surface area contributed by atoms with Crippen molar-refractivity contribution in [2.45, 2.75) is 20.0 Å². The lowest BCUT2D eigenvalue weighted by molar-refractivity contribution is 0.693. The highest BCUT2D eigenvalue weighted by Gasteiger charge is 1.98. The van der Waals surface area contributed by atoms with Gasteiger partial charge in [-0.15, -0.1) is 0 Å². The second-order valence-corrected chi connectivity index (χ2v) is 4.90. The summed E-state index contributed by atoms with van der Waals surface area (Å²) in [5, 5.41) is 12.9. The zero-order valence-corrected chi connectivity index (χ0v) is 11.5. The van der Waals surface area contributed by atoms with Crippen molar-refractivity contribution in [3.05, 3.63) is 69.7 Å². The molecule has 0 aliphatic heterocycles. The molecular weight excluding hydrogens is 256 g/mol. The minimum absolute atomic E-state index is 0.689. The number of nitrogens with one attached hydrogen (secondary N) is 1. The number of benzene rings is 2. The van der Waals surface area contributed by atoms with Gasteiger partial charge in [-0.05, 0) is 41.8 Å². The van der Waals surface area contributed by atoms with Crippen LogP contribution in [0.1, 0.15) is 22.3 Å². The normalized spacial score (nSPS) is 10.2. The number of nitriles is 1. The number of hydrogen-bond donors (Lipinski definition) is 1. The number of halogens is 1. The maximum absolute atomic E-state index is 8.72. The van der Waals surface area contributed by atoms with Gasteiger partial charge in [-0.3, -0.25) is 0 Å². The van der Waals surface area contributed by atoms with Crippen LogP contribution in [-0.2, 0) is 13.1 Å². The van der Waals surface area contributed by atoms with Gasteiger partial charge in [0.15, 0.2) is 0 Å². The Hall–Kier alpha value is -1.82. The van der Waals surface area contributed by atoms with Crippen molar-refractivity contribution in [1.82, 2.24) is 5.32 Å². The van der Waals surface area contributed by atoms with Crippen molar-refractivity contribution >= 4 is 11.6 Å². The van der Waals surface area contributed by atoms with Crippen LogP contribution in [0.15, 0.2) is 42.5 Å². The summed E-state index contributed by atoms with van der Waals surface area (Å²) in [7, 11) is 0. The van der Waals surface area contributed by atoms with Gasteiger partial charge in [0.2, 0.25) is 0 Å². The van der Waals surface area contributed by atoms with Crippen LogP contribution in [0.5, 0.6) is 0 Å². The van der Waals surface area contributed by atoms with E-state index in [-0.39, 0.29) is 0 Å². The van der Waals surface area contributed by atoms with Crippen molar-refractivity contribution in [2.24, 2.45) is 0 Å². The van der Waals surface area contributed by atoms with Crippen molar-refractivity contribution in [3.63, 3.8) is 0 Å². The maximum atomic E-state index is 8.72. The summed E-state index contributed by atoms with van der Waals surface area (Å²) in [4.78, 5) is 0. The summed E-state index contributed by atoms with van der Waals surface area (Å²) < 4.78 is 0. The van der Waals surface area contributed by atoms with Crippen LogP contribution in [0.3, 0.4) is 0 Å². The Morgan fingerprint density at radius 1 is 1.05 bits per heavy atom. The molecule has 0 spiro atoms. The van der Waals surface area contributed by atoms with Gasteiger partial charge >= 0.3 is 0 Å². The Kier molecular flexibility index (Phi) is 4.57. The lowest BCUT2D eigenvalue weighted by atomic mass is 10.1. The van der Waals surface area contributed by atoms with Crippen molar-refractivity contribution in [1.29, 1.82) is 5.26 Å². The second kappa shape index (κ2) is 6.38. The SMILES string of the molecule is Cc1ccc(CNCc2ccc(C#N)cc2)cc1Cl.